The van der Waals surface area contributed by atoms with Crippen molar-refractivity contribution in [1.82, 2.24) is 20.4 Å². The lowest BCUT2D eigenvalue weighted by Gasteiger charge is -2.18. The number of carbonyl (C=O) groups excluding carboxylic acids is 2. The third kappa shape index (κ3) is 4.41. The number of carbonyl (C=O) groups is 2. The van der Waals surface area contributed by atoms with Gasteiger partial charge in [-0.3, -0.25) is 19.5 Å². The largest absolute Gasteiger partial charge is 0.356 e. The van der Waals surface area contributed by atoms with Crippen LogP contribution in [0.5, 0.6) is 0 Å². The summed E-state index contributed by atoms with van der Waals surface area (Å²) in [6, 6.07) is 5.12. The van der Waals surface area contributed by atoms with E-state index in [1.54, 1.807) is 13.1 Å². The second-order valence-corrected chi connectivity index (χ2v) is 9.20. The Kier molecular flexibility index (Phi) is 6.60. The molecular formula is C24H32FN5O2. The van der Waals surface area contributed by atoms with Gasteiger partial charge in [-0.05, 0) is 56.5 Å². The Morgan fingerprint density at radius 3 is 2.47 bits per heavy atom. The van der Waals surface area contributed by atoms with Crippen LogP contribution in [0.4, 0.5) is 4.39 Å². The molecule has 172 valence electrons. The minimum absolute atomic E-state index is 0.00388. The zero-order valence-corrected chi connectivity index (χ0v) is 19.0. The van der Waals surface area contributed by atoms with E-state index in [0.29, 0.717) is 44.1 Å². The van der Waals surface area contributed by atoms with Gasteiger partial charge in [0.05, 0.1) is 11.8 Å². The Labute approximate surface area is 188 Å². The molecule has 2 bridgehead atoms. The number of halogens is 1. The number of fused-ring (bicyclic) bond motifs is 5. The fourth-order valence-corrected chi connectivity index (χ4v) is 5.23. The van der Waals surface area contributed by atoms with Gasteiger partial charge >= 0.3 is 0 Å². The maximum atomic E-state index is 14.0. The van der Waals surface area contributed by atoms with Crippen LogP contribution < -0.4 is 10.6 Å². The first kappa shape index (κ1) is 22.5. The zero-order chi connectivity index (χ0) is 22.8. The maximum absolute atomic E-state index is 14.0. The quantitative estimate of drug-likeness (QED) is 0.211. The number of guanidine groups is 1. The molecule has 0 aromatic heterocycles. The van der Waals surface area contributed by atoms with Crippen molar-refractivity contribution in [1.29, 1.82) is 0 Å². The number of amides is 2. The van der Waals surface area contributed by atoms with Crippen LogP contribution in [-0.4, -0.2) is 61.8 Å². The third-order valence-corrected chi connectivity index (χ3v) is 6.69. The highest BCUT2D eigenvalue weighted by atomic mass is 19.1. The summed E-state index contributed by atoms with van der Waals surface area (Å²) in [5, 5.41) is 6.46. The van der Waals surface area contributed by atoms with Crippen LogP contribution in [0.2, 0.25) is 0 Å². The number of imide groups is 1. The smallest absolute Gasteiger partial charge is 0.233 e. The lowest BCUT2D eigenvalue weighted by atomic mass is 9.85. The third-order valence-electron chi connectivity index (χ3n) is 6.69. The fraction of sp³-hybridized carbons (Fsp3) is 0.542. The monoisotopic (exact) mass is 441 g/mol. The Hall–Kier alpha value is -2.74. The fourth-order valence-electron chi connectivity index (χ4n) is 5.23. The minimum atomic E-state index is -0.205. The van der Waals surface area contributed by atoms with Gasteiger partial charge in [0.25, 0.3) is 0 Å². The number of likely N-dealkylation sites (tertiary alicyclic amines) is 1. The summed E-state index contributed by atoms with van der Waals surface area (Å²) in [7, 11) is 5.51. The second-order valence-electron chi connectivity index (χ2n) is 9.20. The van der Waals surface area contributed by atoms with E-state index in [-0.39, 0.29) is 41.3 Å². The highest BCUT2D eigenvalue weighted by Crippen LogP contribution is 2.52. The Morgan fingerprint density at radius 2 is 1.84 bits per heavy atom. The van der Waals surface area contributed by atoms with Gasteiger partial charge in [-0.1, -0.05) is 18.2 Å². The lowest BCUT2D eigenvalue weighted by Crippen LogP contribution is -2.39. The molecule has 1 aromatic carbocycles. The second kappa shape index (κ2) is 9.40. The van der Waals surface area contributed by atoms with E-state index < -0.39 is 0 Å². The molecule has 1 heterocycles. The predicted octanol–water partition coefficient (Wildman–Crippen LogP) is 1.75. The van der Waals surface area contributed by atoms with Crippen LogP contribution in [0.3, 0.4) is 0 Å². The molecule has 1 saturated carbocycles. The zero-order valence-electron chi connectivity index (χ0n) is 19.0. The van der Waals surface area contributed by atoms with Crippen LogP contribution in [0.15, 0.2) is 35.3 Å². The average molecular weight is 442 g/mol. The predicted molar refractivity (Wildman–Crippen MR) is 121 cm³/mol. The highest BCUT2D eigenvalue weighted by molar-refractivity contribution is 6.06. The normalized spacial score (nSPS) is 26.4. The van der Waals surface area contributed by atoms with Crippen molar-refractivity contribution in [3.8, 4) is 0 Å². The Bertz CT molecular complexity index is 914. The van der Waals surface area contributed by atoms with Gasteiger partial charge in [0.1, 0.15) is 5.82 Å². The molecule has 1 aromatic rings. The Morgan fingerprint density at radius 1 is 1.16 bits per heavy atom. The van der Waals surface area contributed by atoms with Gasteiger partial charge < -0.3 is 15.5 Å². The molecule has 0 radical (unpaired) electrons. The summed E-state index contributed by atoms with van der Waals surface area (Å²) >= 11 is 0. The van der Waals surface area contributed by atoms with Gasteiger partial charge in [0, 0.05) is 38.8 Å². The lowest BCUT2D eigenvalue weighted by molar-refractivity contribution is -0.140. The van der Waals surface area contributed by atoms with E-state index in [9.17, 15) is 14.0 Å². The van der Waals surface area contributed by atoms with Crippen molar-refractivity contribution in [2.24, 2.45) is 28.7 Å². The van der Waals surface area contributed by atoms with E-state index >= 15 is 0 Å². The molecule has 1 aliphatic heterocycles. The highest BCUT2D eigenvalue weighted by Gasteiger charge is 2.58. The van der Waals surface area contributed by atoms with E-state index in [2.05, 4.69) is 27.8 Å². The molecule has 7 nitrogen and oxygen atoms in total. The van der Waals surface area contributed by atoms with Crippen LogP contribution in [0.1, 0.15) is 24.0 Å². The summed E-state index contributed by atoms with van der Waals surface area (Å²) < 4.78 is 14.0. The molecule has 8 heteroatoms. The molecule has 2 fully saturated rings. The number of hydrogen-bond acceptors (Lipinski definition) is 4. The number of benzene rings is 1. The number of rotatable bonds is 8. The molecule has 32 heavy (non-hydrogen) atoms. The number of hydrogen-bond donors (Lipinski definition) is 2. The van der Waals surface area contributed by atoms with Gasteiger partial charge in [-0.2, -0.15) is 0 Å². The van der Waals surface area contributed by atoms with E-state index in [0.717, 1.165) is 12.0 Å². The molecule has 1 saturated heterocycles. The van der Waals surface area contributed by atoms with Crippen LogP contribution in [0.25, 0.3) is 0 Å². The van der Waals surface area contributed by atoms with Crippen molar-refractivity contribution in [3.05, 3.63) is 47.3 Å². The van der Waals surface area contributed by atoms with Gasteiger partial charge in [-0.25, -0.2) is 4.39 Å². The summed E-state index contributed by atoms with van der Waals surface area (Å²) in [6.07, 6.45) is 5.84. The van der Waals surface area contributed by atoms with Crippen LogP contribution in [-0.2, 0) is 22.7 Å². The van der Waals surface area contributed by atoms with Crippen molar-refractivity contribution in [2.75, 3.05) is 34.2 Å². The molecule has 2 N–H and O–H groups in total. The van der Waals surface area contributed by atoms with Crippen molar-refractivity contribution in [2.45, 2.75) is 25.9 Å². The summed E-state index contributed by atoms with van der Waals surface area (Å²) in [5.74, 6) is 0.662. The molecule has 2 amide bonds. The van der Waals surface area contributed by atoms with E-state index in [1.807, 2.05) is 25.1 Å². The summed E-state index contributed by atoms with van der Waals surface area (Å²) in [4.78, 5) is 33.1. The summed E-state index contributed by atoms with van der Waals surface area (Å²) in [5.41, 5.74) is 1.62. The van der Waals surface area contributed by atoms with Gasteiger partial charge in [0.2, 0.25) is 11.8 Å². The topological polar surface area (TPSA) is 77.0 Å². The van der Waals surface area contributed by atoms with Crippen molar-refractivity contribution < 1.29 is 14.0 Å². The van der Waals surface area contributed by atoms with Gasteiger partial charge in [-0.15, -0.1) is 0 Å². The number of nitrogens with zero attached hydrogens (tertiary/aromatic N) is 3. The number of nitrogens with one attached hydrogen (secondary N) is 2. The van der Waals surface area contributed by atoms with Crippen LogP contribution >= 0.6 is 0 Å². The average Bonchev–Trinajstić information content (AvgIpc) is 3.44. The van der Waals surface area contributed by atoms with E-state index in [4.69, 9.17) is 0 Å². The molecule has 2 aliphatic carbocycles. The first-order valence-electron chi connectivity index (χ1n) is 11.3. The SMILES string of the molecule is CN=C(NCCCN1C(=O)C2C3C=CC(C3)C2C1=O)NCc1ccc(F)c(CN(C)C)c1. The summed E-state index contributed by atoms with van der Waals surface area (Å²) in [6.45, 7) is 2.08. The number of aliphatic imine (C=N–C) groups is 1. The number of allylic oxidation sites excluding steroid dienone is 2. The molecule has 4 unspecified atom stereocenters. The molecule has 4 rings (SSSR count). The Balaban J connectivity index is 1.22. The molecule has 3 aliphatic rings. The standard InChI is InChI=1S/C24H32FN5O2/c1-26-24(28-13-15-5-8-19(25)18(11-15)14-29(2)3)27-9-4-10-30-22(31)20-16-6-7-17(12-16)21(20)23(30)32/h5-8,11,16-17,20-21H,4,9-10,12-14H2,1-3H3,(H2,26,27,28). The van der Waals surface area contributed by atoms with Crippen molar-refractivity contribution >= 4 is 17.8 Å². The van der Waals surface area contributed by atoms with E-state index in [1.165, 1.54) is 11.0 Å². The molecule has 0 spiro atoms. The first-order valence-corrected chi connectivity index (χ1v) is 11.3. The van der Waals surface area contributed by atoms with Gasteiger partial charge in [0.15, 0.2) is 5.96 Å². The van der Waals surface area contributed by atoms with Crippen LogP contribution in [0, 0.1) is 29.5 Å². The molecule has 4 atom stereocenters. The molecular weight excluding hydrogens is 409 g/mol. The first-order chi connectivity index (χ1) is 15.4. The maximum Gasteiger partial charge on any atom is 0.233 e. The minimum Gasteiger partial charge on any atom is -0.356 e. The van der Waals surface area contributed by atoms with Crippen molar-refractivity contribution in [3.63, 3.8) is 0 Å².